The average molecular weight is 227 g/mol. The van der Waals surface area contributed by atoms with Crippen molar-refractivity contribution in [3.63, 3.8) is 0 Å². The van der Waals surface area contributed by atoms with Crippen molar-refractivity contribution in [2.75, 3.05) is 13.1 Å². The Balaban J connectivity index is 2.17. The van der Waals surface area contributed by atoms with Crippen molar-refractivity contribution in [2.24, 2.45) is 0 Å². The van der Waals surface area contributed by atoms with Crippen LogP contribution in [-0.2, 0) is 0 Å². The van der Waals surface area contributed by atoms with E-state index in [4.69, 9.17) is 5.26 Å². The van der Waals surface area contributed by atoms with Crippen LogP contribution in [0.25, 0.3) is 5.57 Å². The van der Waals surface area contributed by atoms with Gasteiger partial charge in [0.05, 0.1) is 5.56 Å². The summed E-state index contributed by atoms with van der Waals surface area (Å²) in [6, 6.07) is 4.65. The fraction of sp³-hybridized carbons (Fsp3) is 0.429. The van der Waals surface area contributed by atoms with Gasteiger partial charge in [0.25, 0.3) is 0 Å². The number of pyridine rings is 1. The Bertz CT molecular complexity index is 469. The van der Waals surface area contributed by atoms with Crippen molar-refractivity contribution in [1.82, 2.24) is 9.88 Å². The largest absolute Gasteiger partial charge is 0.297 e. The van der Waals surface area contributed by atoms with Gasteiger partial charge in [-0.2, -0.15) is 5.26 Å². The molecule has 0 amide bonds. The molecule has 0 fully saturated rings. The maximum Gasteiger partial charge on any atom is 0.101 e. The molecule has 0 radical (unpaired) electrons. The van der Waals surface area contributed by atoms with Gasteiger partial charge in [-0.15, -0.1) is 0 Å². The summed E-state index contributed by atoms with van der Waals surface area (Å²) in [5.74, 6) is 0. The third-order valence-electron chi connectivity index (χ3n) is 3.21. The number of nitrogens with zero attached hydrogens (tertiary/aromatic N) is 3. The van der Waals surface area contributed by atoms with Crippen LogP contribution in [0.3, 0.4) is 0 Å². The highest BCUT2D eigenvalue weighted by molar-refractivity contribution is 5.66. The topological polar surface area (TPSA) is 39.9 Å². The molecule has 1 aromatic rings. The maximum atomic E-state index is 8.86. The first-order valence-electron chi connectivity index (χ1n) is 5.99. The average Bonchev–Trinajstić information content (AvgIpc) is 2.39. The summed E-state index contributed by atoms with van der Waals surface area (Å²) in [6.45, 7) is 6.51. The lowest BCUT2D eigenvalue weighted by molar-refractivity contribution is 0.245. The second-order valence-electron chi connectivity index (χ2n) is 4.64. The fourth-order valence-electron chi connectivity index (χ4n) is 2.09. The van der Waals surface area contributed by atoms with Crippen LogP contribution in [0.5, 0.6) is 0 Å². The molecular weight excluding hydrogens is 210 g/mol. The van der Waals surface area contributed by atoms with Gasteiger partial charge in [0.15, 0.2) is 0 Å². The SMILES string of the molecule is CC(C)N1CC=C(c2cncc(C#N)c2)CC1. The molecule has 2 rings (SSSR count). The highest BCUT2D eigenvalue weighted by Crippen LogP contribution is 2.23. The Morgan fingerprint density at radius 3 is 2.82 bits per heavy atom. The number of hydrogen-bond acceptors (Lipinski definition) is 3. The molecule has 0 bridgehead atoms. The van der Waals surface area contributed by atoms with E-state index in [9.17, 15) is 0 Å². The van der Waals surface area contributed by atoms with Gasteiger partial charge in [-0.3, -0.25) is 9.88 Å². The second-order valence-corrected chi connectivity index (χ2v) is 4.64. The first kappa shape index (κ1) is 11.8. The molecule has 17 heavy (non-hydrogen) atoms. The van der Waals surface area contributed by atoms with E-state index in [1.165, 1.54) is 5.57 Å². The first-order valence-corrected chi connectivity index (χ1v) is 5.99. The zero-order valence-corrected chi connectivity index (χ0v) is 10.3. The van der Waals surface area contributed by atoms with Gasteiger partial charge >= 0.3 is 0 Å². The van der Waals surface area contributed by atoms with Gasteiger partial charge in [-0.25, -0.2) is 0 Å². The van der Waals surface area contributed by atoms with Gasteiger partial charge in [-0.05, 0) is 37.5 Å². The standard InChI is InChI=1S/C14H17N3/c1-11(2)17-5-3-13(4-6-17)14-7-12(8-15)9-16-10-14/h3,7,9-11H,4-6H2,1-2H3. The summed E-state index contributed by atoms with van der Waals surface area (Å²) >= 11 is 0. The normalized spacial score (nSPS) is 16.7. The van der Waals surface area contributed by atoms with E-state index in [1.54, 1.807) is 6.20 Å². The molecule has 2 heterocycles. The zero-order chi connectivity index (χ0) is 12.3. The van der Waals surface area contributed by atoms with E-state index in [-0.39, 0.29) is 0 Å². The molecule has 0 spiro atoms. The van der Waals surface area contributed by atoms with Gasteiger partial charge in [-0.1, -0.05) is 6.08 Å². The minimum atomic E-state index is 0.594. The minimum absolute atomic E-state index is 0.594. The van der Waals surface area contributed by atoms with Crippen LogP contribution in [-0.4, -0.2) is 29.0 Å². The molecule has 3 heteroatoms. The van der Waals surface area contributed by atoms with Crippen LogP contribution >= 0.6 is 0 Å². The molecular formula is C14H17N3. The van der Waals surface area contributed by atoms with Crippen LogP contribution in [0, 0.1) is 11.3 Å². The minimum Gasteiger partial charge on any atom is -0.297 e. The Morgan fingerprint density at radius 2 is 2.24 bits per heavy atom. The van der Waals surface area contributed by atoms with Crippen molar-refractivity contribution in [3.8, 4) is 6.07 Å². The molecule has 88 valence electrons. The Morgan fingerprint density at radius 1 is 1.41 bits per heavy atom. The lowest BCUT2D eigenvalue weighted by Gasteiger charge is -2.29. The molecule has 1 aliphatic rings. The van der Waals surface area contributed by atoms with E-state index in [2.05, 4.69) is 35.9 Å². The van der Waals surface area contributed by atoms with Crippen molar-refractivity contribution >= 4 is 5.57 Å². The monoisotopic (exact) mass is 227 g/mol. The number of aromatic nitrogens is 1. The summed E-state index contributed by atoms with van der Waals surface area (Å²) < 4.78 is 0. The summed E-state index contributed by atoms with van der Waals surface area (Å²) in [5, 5.41) is 8.86. The number of nitriles is 1. The van der Waals surface area contributed by atoms with E-state index >= 15 is 0 Å². The van der Waals surface area contributed by atoms with Crippen LogP contribution in [0.4, 0.5) is 0 Å². The molecule has 0 aliphatic carbocycles. The van der Waals surface area contributed by atoms with Crippen molar-refractivity contribution in [2.45, 2.75) is 26.3 Å². The van der Waals surface area contributed by atoms with E-state index < -0.39 is 0 Å². The maximum absolute atomic E-state index is 8.86. The van der Waals surface area contributed by atoms with E-state index in [1.807, 2.05) is 12.3 Å². The molecule has 0 atom stereocenters. The molecule has 0 saturated heterocycles. The second kappa shape index (κ2) is 5.11. The Kier molecular flexibility index (Phi) is 3.55. The third-order valence-corrected chi connectivity index (χ3v) is 3.21. The molecule has 3 nitrogen and oxygen atoms in total. The third kappa shape index (κ3) is 2.72. The van der Waals surface area contributed by atoms with E-state index in [0.29, 0.717) is 11.6 Å². The lowest BCUT2D eigenvalue weighted by atomic mass is 9.99. The summed E-state index contributed by atoms with van der Waals surface area (Å²) in [6.07, 6.45) is 6.74. The van der Waals surface area contributed by atoms with Crippen molar-refractivity contribution < 1.29 is 0 Å². The molecule has 1 aromatic heterocycles. The van der Waals surface area contributed by atoms with Crippen molar-refractivity contribution in [1.29, 1.82) is 5.26 Å². The predicted octanol–water partition coefficient (Wildman–Crippen LogP) is 2.45. The van der Waals surface area contributed by atoms with Gasteiger partial charge in [0.2, 0.25) is 0 Å². The first-order chi connectivity index (χ1) is 8.20. The van der Waals surface area contributed by atoms with Crippen LogP contribution in [0.15, 0.2) is 24.5 Å². The Labute approximate surface area is 102 Å². The summed E-state index contributed by atoms with van der Waals surface area (Å²) in [7, 11) is 0. The lowest BCUT2D eigenvalue weighted by Crippen LogP contribution is -2.34. The smallest absolute Gasteiger partial charge is 0.101 e. The summed E-state index contributed by atoms with van der Waals surface area (Å²) in [5.41, 5.74) is 3.04. The molecule has 0 N–H and O–H groups in total. The van der Waals surface area contributed by atoms with Crippen molar-refractivity contribution in [3.05, 3.63) is 35.7 Å². The Hall–Kier alpha value is -1.66. The quantitative estimate of drug-likeness (QED) is 0.779. The van der Waals surface area contributed by atoms with Crippen LogP contribution < -0.4 is 0 Å². The van der Waals surface area contributed by atoms with Crippen LogP contribution in [0.2, 0.25) is 0 Å². The van der Waals surface area contributed by atoms with Gasteiger partial charge < -0.3 is 0 Å². The summed E-state index contributed by atoms with van der Waals surface area (Å²) in [4.78, 5) is 6.54. The highest BCUT2D eigenvalue weighted by Gasteiger charge is 2.15. The number of hydrogen-bond donors (Lipinski definition) is 0. The highest BCUT2D eigenvalue weighted by atomic mass is 15.1. The number of rotatable bonds is 2. The van der Waals surface area contributed by atoms with E-state index in [0.717, 1.165) is 25.1 Å². The predicted molar refractivity (Wildman–Crippen MR) is 68.3 cm³/mol. The molecule has 1 aliphatic heterocycles. The fourth-order valence-corrected chi connectivity index (χ4v) is 2.09. The molecule has 0 saturated carbocycles. The molecule has 0 aromatic carbocycles. The van der Waals surface area contributed by atoms with Gasteiger partial charge in [0, 0.05) is 31.5 Å². The van der Waals surface area contributed by atoms with Gasteiger partial charge in [0.1, 0.15) is 6.07 Å². The zero-order valence-electron chi connectivity index (χ0n) is 10.3. The molecule has 0 unspecified atom stereocenters. The van der Waals surface area contributed by atoms with Crippen LogP contribution in [0.1, 0.15) is 31.4 Å².